The molecule has 0 radical (unpaired) electrons. The summed E-state index contributed by atoms with van der Waals surface area (Å²) in [5, 5.41) is 3.60. The van der Waals surface area contributed by atoms with Gasteiger partial charge in [0, 0.05) is 23.7 Å². The van der Waals surface area contributed by atoms with E-state index in [0.29, 0.717) is 40.7 Å². The molecule has 2 aromatic rings. The van der Waals surface area contributed by atoms with Gasteiger partial charge in [-0.1, -0.05) is 23.7 Å². The van der Waals surface area contributed by atoms with Crippen molar-refractivity contribution < 1.29 is 23.8 Å². The summed E-state index contributed by atoms with van der Waals surface area (Å²) in [7, 11) is 3.06. The number of benzene rings is 2. The van der Waals surface area contributed by atoms with Crippen LogP contribution in [0, 0.1) is 0 Å². The van der Waals surface area contributed by atoms with Crippen LogP contribution in [0.2, 0.25) is 5.02 Å². The number of ether oxygens (including phenoxy) is 3. The molecule has 0 spiro atoms. The fraction of sp³-hybridized carbons (Fsp3) is 0.391. The van der Waals surface area contributed by atoms with Crippen molar-refractivity contribution in [3.05, 3.63) is 52.5 Å². The van der Waals surface area contributed by atoms with Gasteiger partial charge < -0.3 is 19.5 Å². The number of carbonyl (C=O) groups excluding carboxylic acids is 2. The number of methoxy groups -OCH3 is 2. The molecule has 2 aromatic carbocycles. The summed E-state index contributed by atoms with van der Waals surface area (Å²) in [5.41, 5.74) is 2.18. The van der Waals surface area contributed by atoms with E-state index in [4.69, 9.17) is 25.8 Å². The van der Waals surface area contributed by atoms with E-state index in [9.17, 15) is 9.59 Å². The standard InChI is InChI=1S/C23H27ClN2O5/c1-5-31-23(28)26-14(2)9-18(17-11-20(29-3)21(30-4)12-19(17)26)22(27)25-13-15-7-6-8-16(24)10-15/h6-8,10-12,14,18H,5,9,13H2,1-4H3,(H,25,27). The highest BCUT2D eigenvalue weighted by atomic mass is 35.5. The summed E-state index contributed by atoms with van der Waals surface area (Å²) in [6.45, 7) is 4.27. The summed E-state index contributed by atoms with van der Waals surface area (Å²) in [5.74, 6) is 0.369. The van der Waals surface area contributed by atoms with E-state index < -0.39 is 12.0 Å². The molecule has 2 atom stereocenters. The molecule has 0 saturated heterocycles. The first kappa shape index (κ1) is 22.7. The maximum absolute atomic E-state index is 13.2. The molecule has 0 fully saturated rings. The van der Waals surface area contributed by atoms with Crippen LogP contribution < -0.4 is 19.7 Å². The average Bonchev–Trinajstić information content (AvgIpc) is 2.76. The Kier molecular flexibility index (Phi) is 7.28. The third-order valence-electron chi connectivity index (χ3n) is 5.32. The van der Waals surface area contributed by atoms with E-state index in [0.717, 1.165) is 5.56 Å². The lowest BCUT2D eigenvalue weighted by atomic mass is 9.85. The minimum atomic E-state index is -0.463. The number of anilines is 1. The second-order valence-electron chi connectivity index (χ2n) is 7.32. The van der Waals surface area contributed by atoms with Gasteiger partial charge in [-0.15, -0.1) is 0 Å². The number of hydrogen-bond acceptors (Lipinski definition) is 5. The topological polar surface area (TPSA) is 77.1 Å². The van der Waals surface area contributed by atoms with E-state index in [1.807, 2.05) is 25.1 Å². The minimum Gasteiger partial charge on any atom is -0.493 e. The van der Waals surface area contributed by atoms with Crippen molar-refractivity contribution in [3.8, 4) is 11.5 Å². The lowest BCUT2D eigenvalue weighted by Crippen LogP contribution is -2.46. The van der Waals surface area contributed by atoms with Crippen LogP contribution in [0.4, 0.5) is 10.5 Å². The van der Waals surface area contributed by atoms with Crippen molar-refractivity contribution in [2.75, 3.05) is 25.7 Å². The number of fused-ring (bicyclic) bond motifs is 1. The Morgan fingerprint density at radius 1 is 1.16 bits per heavy atom. The monoisotopic (exact) mass is 446 g/mol. The fourth-order valence-corrected chi connectivity index (χ4v) is 4.07. The Hall–Kier alpha value is -2.93. The fourth-order valence-electron chi connectivity index (χ4n) is 3.86. The molecule has 7 nitrogen and oxygen atoms in total. The van der Waals surface area contributed by atoms with Crippen molar-refractivity contribution in [3.63, 3.8) is 0 Å². The van der Waals surface area contributed by atoms with Crippen LogP contribution in [-0.2, 0) is 16.1 Å². The second-order valence-corrected chi connectivity index (χ2v) is 7.76. The molecule has 0 aliphatic carbocycles. The number of nitrogens with zero attached hydrogens (tertiary/aromatic N) is 1. The molecule has 1 N–H and O–H groups in total. The zero-order valence-electron chi connectivity index (χ0n) is 18.1. The summed E-state index contributed by atoms with van der Waals surface area (Å²) in [4.78, 5) is 27.4. The lowest BCUT2D eigenvalue weighted by molar-refractivity contribution is -0.123. The van der Waals surface area contributed by atoms with Crippen molar-refractivity contribution >= 4 is 29.3 Å². The zero-order valence-corrected chi connectivity index (χ0v) is 18.9. The maximum Gasteiger partial charge on any atom is 0.414 e. The normalized spacial score (nSPS) is 17.5. The van der Waals surface area contributed by atoms with Gasteiger partial charge in [-0.25, -0.2) is 4.79 Å². The maximum atomic E-state index is 13.2. The number of hydrogen-bond donors (Lipinski definition) is 1. The first-order valence-corrected chi connectivity index (χ1v) is 10.5. The molecule has 31 heavy (non-hydrogen) atoms. The first-order chi connectivity index (χ1) is 14.9. The number of halogens is 1. The molecule has 166 valence electrons. The van der Waals surface area contributed by atoms with Gasteiger partial charge in [-0.3, -0.25) is 9.69 Å². The molecular weight excluding hydrogens is 420 g/mol. The Balaban J connectivity index is 1.95. The highest BCUT2D eigenvalue weighted by molar-refractivity contribution is 6.30. The molecule has 2 amide bonds. The molecule has 1 heterocycles. The molecule has 1 aliphatic heterocycles. The third kappa shape index (κ3) is 4.88. The third-order valence-corrected chi connectivity index (χ3v) is 5.56. The van der Waals surface area contributed by atoms with Gasteiger partial charge in [-0.05, 0) is 49.6 Å². The molecular formula is C23H27ClN2O5. The molecule has 8 heteroatoms. The highest BCUT2D eigenvalue weighted by Crippen LogP contribution is 2.44. The van der Waals surface area contributed by atoms with Crippen LogP contribution in [0.15, 0.2) is 36.4 Å². The van der Waals surface area contributed by atoms with Crippen molar-refractivity contribution in [2.24, 2.45) is 0 Å². The van der Waals surface area contributed by atoms with Crippen LogP contribution in [0.25, 0.3) is 0 Å². The van der Waals surface area contributed by atoms with E-state index in [-0.39, 0.29) is 18.6 Å². The van der Waals surface area contributed by atoms with E-state index >= 15 is 0 Å². The quantitative estimate of drug-likeness (QED) is 0.706. The zero-order chi connectivity index (χ0) is 22.5. The predicted octanol–water partition coefficient (Wildman–Crippen LogP) is 4.51. The van der Waals surface area contributed by atoms with Gasteiger partial charge in [0.25, 0.3) is 0 Å². The van der Waals surface area contributed by atoms with Crippen LogP contribution in [0.1, 0.15) is 37.3 Å². The number of rotatable bonds is 6. The summed E-state index contributed by atoms with van der Waals surface area (Å²) in [6, 6.07) is 10.6. The van der Waals surface area contributed by atoms with E-state index in [1.165, 1.54) is 14.2 Å². The SMILES string of the molecule is CCOC(=O)N1c2cc(OC)c(OC)cc2C(C(=O)NCc2cccc(Cl)c2)CC1C. The van der Waals surface area contributed by atoms with Crippen LogP contribution in [-0.4, -0.2) is 38.9 Å². The Labute approximate surface area is 187 Å². The van der Waals surface area contributed by atoms with E-state index in [2.05, 4.69) is 5.32 Å². The van der Waals surface area contributed by atoms with E-state index in [1.54, 1.807) is 30.0 Å². The molecule has 0 bridgehead atoms. The summed E-state index contributed by atoms with van der Waals surface area (Å²) >= 11 is 6.04. The van der Waals surface area contributed by atoms with Gasteiger partial charge in [0.2, 0.25) is 5.91 Å². The highest BCUT2D eigenvalue weighted by Gasteiger charge is 2.38. The average molecular weight is 447 g/mol. The smallest absolute Gasteiger partial charge is 0.414 e. The van der Waals surface area contributed by atoms with Gasteiger partial charge in [0.15, 0.2) is 11.5 Å². The number of carbonyl (C=O) groups is 2. The number of nitrogens with one attached hydrogen (secondary N) is 1. The summed E-state index contributed by atoms with van der Waals surface area (Å²) < 4.78 is 16.1. The first-order valence-electron chi connectivity index (χ1n) is 10.1. The molecule has 0 saturated carbocycles. The molecule has 3 rings (SSSR count). The van der Waals surface area contributed by atoms with Gasteiger partial charge in [0.05, 0.1) is 32.4 Å². The van der Waals surface area contributed by atoms with Gasteiger partial charge in [0.1, 0.15) is 0 Å². The Morgan fingerprint density at radius 3 is 2.52 bits per heavy atom. The lowest BCUT2D eigenvalue weighted by Gasteiger charge is -2.38. The second kappa shape index (κ2) is 9.92. The van der Waals surface area contributed by atoms with Crippen LogP contribution in [0.5, 0.6) is 11.5 Å². The van der Waals surface area contributed by atoms with Crippen molar-refractivity contribution in [1.82, 2.24) is 5.32 Å². The van der Waals surface area contributed by atoms with Crippen LogP contribution in [0.3, 0.4) is 0 Å². The molecule has 0 aromatic heterocycles. The Bertz CT molecular complexity index is 965. The molecule has 2 unspecified atom stereocenters. The Morgan fingerprint density at radius 2 is 1.87 bits per heavy atom. The van der Waals surface area contributed by atoms with Crippen molar-refractivity contribution in [1.29, 1.82) is 0 Å². The molecule has 1 aliphatic rings. The minimum absolute atomic E-state index is 0.135. The predicted molar refractivity (Wildman–Crippen MR) is 119 cm³/mol. The number of amides is 2. The largest absolute Gasteiger partial charge is 0.493 e. The van der Waals surface area contributed by atoms with Gasteiger partial charge >= 0.3 is 6.09 Å². The van der Waals surface area contributed by atoms with Crippen LogP contribution >= 0.6 is 11.6 Å². The summed E-state index contributed by atoms with van der Waals surface area (Å²) in [6.07, 6.45) is -0.0101. The van der Waals surface area contributed by atoms with Crippen molar-refractivity contribution in [2.45, 2.75) is 38.8 Å². The van der Waals surface area contributed by atoms with Gasteiger partial charge in [-0.2, -0.15) is 0 Å².